The first kappa shape index (κ1) is 25.6. The Bertz CT molecular complexity index is 624. The quantitative estimate of drug-likeness (QED) is 0.185. The molecule has 29 heavy (non-hydrogen) atoms. The standard InChI is InChI=1S/C20H33N5O3.HI/c1-3-21-20(24-15-19(26)22-8-11-27-2)23-14-17-6-4-5-7-18(17)16-25-9-12-28-13-10-25;/h4-7H,3,8-16H2,1-2H3,(H,22,26)(H2,21,23,24);1H. The number of halogens is 1. The van der Waals surface area contributed by atoms with Gasteiger partial charge in [-0.05, 0) is 18.1 Å². The first-order valence-corrected chi connectivity index (χ1v) is 9.87. The second-order valence-corrected chi connectivity index (χ2v) is 6.55. The maximum atomic E-state index is 11.8. The van der Waals surface area contributed by atoms with Crippen molar-refractivity contribution in [3.8, 4) is 0 Å². The summed E-state index contributed by atoms with van der Waals surface area (Å²) in [6, 6.07) is 8.37. The minimum Gasteiger partial charge on any atom is -0.383 e. The summed E-state index contributed by atoms with van der Waals surface area (Å²) in [6.07, 6.45) is 0. The lowest BCUT2D eigenvalue weighted by Crippen LogP contribution is -2.43. The zero-order valence-corrected chi connectivity index (χ0v) is 19.7. The van der Waals surface area contributed by atoms with Crippen molar-refractivity contribution in [1.29, 1.82) is 0 Å². The van der Waals surface area contributed by atoms with Crippen molar-refractivity contribution in [1.82, 2.24) is 20.9 Å². The SMILES string of the molecule is CCNC(=NCc1ccccc1CN1CCOCC1)NCC(=O)NCCOC.I. The van der Waals surface area contributed by atoms with Crippen LogP contribution in [0.5, 0.6) is 0 Å². The summed E-state index contributed by atoms with van der Waals surface area (Å²) in [5.41, 5.74) is 2.47. The molecule has 1 aliphatic heterocycles. The summed E-state index contributed by atoms with van der Waals surface area (Å²) < 4.78 is 10.4. The van der Waals surface area contributed by atoms with Crippen molar-refractivity contribution >= 4 is 35.8 Å². The molecule has 3 N–H and O–H groups in total. The van der Waals surface area contributed by atoms with Gasteiger partial charge in [0.2, 0.25) is 5.91 Å². The third-order valence-corrected chi connectivity index (χ3v) is 4.41. The lowest BCUT2D eigenvalue weighted by molar-refractivity contribution is -0.120. The average Bonchev–Trinajstić information content (AvgIpc) is 2.72. The lowest BCUT2D eigenvalue weighted by atomic mass is 10.1. The second-order valence-electron chi connectivity index (χ2n) is 6.55. The monoisotopic (exact) mass is 519 g/mol. The Kier molecular flexibility index (Phi) is 13.6. The van der Waals surface area contributed by atoms with E-state index in [0.717, 1.165) is 39.4 Å². The smallest absolute Gasteiger partial charge is 0.239 e. The van der Waals surface area contributed by atoms with Gasteiger partial charge in [-0.25, -0.2) is 4.99 Å². The Balaban J connectivity index is 0.00000420. The van der Waals surface area contributed by atoms with Gasteiger partial charge in [0.25, 0.3) is 0 Å². The van der Waals surface area contributed by atoms with Gasteiger partial charge in [-0.3, -0.25) is 9.69 Å². The molecule has 1 heterocycles. The maximum Gasteiger partial charge on any atom is 0.239 e. The largest absolute Gasteiger partial charge is 0.383 e. The van der Waals surface area contributed by atoms with E-state index in [-0.39, 0.29) is 36.4 Å². The van der Waals surface area contributed by atoms with Gasteiger partial charge in [0, 0.05) is 39.8 Å². The van der Waals surface area contributed by atoms with Gasteiger partial charge in [0.15, 0.2) is 5.96 Å². The summed E-state index contributed by atoms with van der Waals surface area (Å²) in [5.74, 6) is 0.543. The predicted molar refractivity (Wildman–Crippen MR) is 126 cm³/mol. The summed E-state index contributed by atoms with van der Waals surface area (Å²) in [7, 11) is 1.61. The molecule has 1 aromatic rings. The molecular weight excluding hydrogens is 485 g/mol. The normalized spacial score (nSPS) is 14.8. The summed E-state index contributed by atoms with van der Waals surface area (Å²) >= 11 is 0. The van der Waals surface area contributed by atoms with Crippen LogP contribution in [0.2, 0.25) is 0 Å². The molecule has 1 amide bonds. The van der Waals surface area contributed by atoms with Crippen LogP contribution in [-0.4, -0.2) is 76.4 Å². The van der Waals surface area contributed by atoms with Gasteiger partial charge >= 0.3 is 0 Å². The molecule has 1 aromatic carbocycles. The van der Waals surface area contributed by atoms with Crippen LogP contribution in [-0.2, 0) is 27.4 Å². The molecule has 0 aliphatic carbocycles. The number of nitrogens with one attached hydrogen (secondary N) is 3. The van der Waals surface area contributed by atoms with Gasteiger partial charge in [-0.15, -0.1) is 24.0 Å². The molecule has 0 atom stereocenters. The van der Waals surface area contributed by atoms with Crippen LogP contribution in [0.4, 0.5) is 0 Å². The third-order valence-electron chi connectivity index (χ3n) is 4.41. The number of morpholine rings is 1. The van der Waals surface area contributed by atoms with E-state index >= 15 is 0 Å². The molecule has 9 heteroatoms. The number of guanidine groups is 1. The van der Waals surface area contributed by atoms with E-state index in [4.69, 9.17) is 9.47 Å². The molecule has 0 bridgehead atoms. The zero-order chi connectivity index (χ0) is 20.0. The van der Waals surface area contributed by atoms with Gasteiger partial charge in [-0.1, -0.05) is 24.3 Å². The molecule has 0 unspecified atom stereocenters. The van der Waals surface area contributed by atoms with Crippen molar-refractivity contribution in [3.63, 3.8) is 0 Å². The van der Waals surface area contributed by atoms with Crippen LogP contribution >= 0.6 is 24.0 Å². The maximum absolute atomic E-state index is 11.8. The Morgan fingerprint density at radius 3 is 2.59 bits per heavy atom. The van der Waals surface area contributed by atoms with Crippen LogP contribution < -0.4 is 16.0 Å². The molecule has 1 fully saturated rings. The number of nitrogens with zero attached hydrogens (tertiary/aromatic N) is 2. The fourth-order valence-corrected chi connectivity index (χ4v) is 2.89. The molecular formula is C20H34IN5O3. The fourth-order valence-electron chi connectivity index (χ4n) is 2.89. The van der Waals surface area contributed by atoms with E-state index in [0.29, 0.717) is 25.7 Å². The fraction of sp³-hybridized carbons (Fsp3) is 0.600. The van der Waals surface area contributed by atoms with Gasteiger partial charge in [0.1, 0.15) is 0 Å². The molecule has 0 radical (unpaired) electrons. The van der Waals surface area contributed by atoms with E-state index in [1.807, 2.05) is 13.0 Å². The molecule has 2 rings (SSSR count). The molecule has 1 aliphatic rings. The number of carbonyl (C=O) groups excluding carboxylic acids is 1. The average molecular weight is 519 g/mol. The van der Waals surface area contributed by atoms with Gasteiger partial charge in [0.05, 0.1) is 32.9 Å². The van der Waals surface area contributed by atoms with Crippen molar-refractivity contribution in [2.45, 2.75) is 20.0 Å². The zero-order valence-electron chi connectivity index (χ0n) is 17.4. The summed E-state index contributed by atoms with van der Waals surface area (Å²) in [6.45, 7) is 8.86. The Morgan fingerprint density at radius 1 is 1.17 bits per heavy atom. The lowest BCUT2D eigenvalue weighted by Gasteiger charge is -2.27. The second kappa shape index (κ2) is 15.4. The van der Waals surface area contributed by atoms with E-state index in [1.165, 1.54) is 11.1 Å². The minimum atomic E-state index is -0.0876. The third kappa shape index (κ3) is 10.2. The highest BCUT2D eigenvalue weighted by molar-refractivity contribution is 14.0. The molecule has 0 spiro atoms. The number of benzene rings is 1. The number of aliphatic imine (C=N–C) groups is 1. The number of methoxy groups -OCH3 is 1. The number of hydrogen-bond acceptors (Lipinski definition) is 5. The Morgan fingerprint density at radius 2 is 1.90 bits per heavy atom. The molecule has 8 nitrogen and oxygen atoms in total. The number of rotatable bonds is 10. The first-order valence-electron chi connectivity index (χ1n) is 9.87. The number of hydrogen-bond donors (Lipinski definition) is 3. The molecule has 0 aromatic heterocycles. The van der Waals surface area contributed by atoms with Crippen molar-refractivity contribution in [2.24, 2.45) is 4.99 Å². The predicted octanol–water partition coefficient (Wildman–Crippen LogP) is 0.955. The van der Waals surface area contributed by atoms with E-state index in [1.54, 1.807) is 7.11 Å². The van der Waals surface area contributed by atoms with E-state index < -0.39 is 0 Å². The number of ether oxygens (including phenoxy) is 2. The van der Waals surface area contributed by atoms with Gasteiger partial charge < -0.3 is 25.4 Å². The topological polar surface area (TPSA) is 87.2 Å². The minimum absolute atomic E-state index is 0. The Hall–Kier alpha value is -1.43. The molecule has 1 saturated heterocycles. The highest BCUT2D eigenvalue weighted by Gasteiger charge is 2.12. The highest BCUT2D eigenvalue weighted by Crippen LogP contribution is 2.14. The number of carbonyl (C=O) groups is 1. The van der Waals surface area contributed by atoms with E-state index in [9.17, 15) is 4.79 Å². The van der Waals surface area contributed by atoms with Crippen molar-refractivity contribution < 1.29 is 14.3 Å². The summed E-state index contributed by atoms with van der Waals surface area (Å²) in [5, 5.41) is 9.05. The van der Waals surface area contributed by atoms with E-state index in [2.05, 4.69) is 44.0 Å². The summed E-state index contributed by atoms with van der Waals surface area (Å²) in [4.78, 5) is 18.9. The Labute approximate surface area is 190 Å². The van der Waals surface area contributed by atoms with Crippen LogP contribution in [0.25, 0.3) is 0 Å². The van der Waals surface area contributed by atoms with Gasteiger partial charge in [-0.2, -0.15) is 0 Å². The van der Waals surface area contributed by atoms with Crippen LogP contribution in [0, 0.1) is 0 Å². The molecule has 164 valence electrons. The van der Waals surface area contributed by atoms with Crippen molar-refractivity contribution in [3.05, 3.63) is 35.4 Å². The highest BCUT2D eigenvalue weighted by atomic mass is 127. The molecule has 0 saturated carbocycles. The van der Waals surface area contributed by atoms with Crippen molar-refractivity contribution in [2.75, 3.05) is 59.7 Å². The number of amides is 1. The first-order chi connectivity index (χ1) is 13.7. The van der Waals surface area contributed by atoms with Crippen LogP contribution in [0.3, 0.4) is 0 Å². The van der Waals surface area contributed by atoms with Crippen LogP contribution in [0.1, 0.15) is 18.1 Å². The van der Waals surface area contributed by atoms with Crippen LogP contribution in [0.15, 0.2) is 29.3 Å².